The van der Waals surface area contributed by atoms with Gasteiger partial charge in [0.25, 0.3) is 0 Å². The number of fused-ring (bicyclic) bond motifs is 9. The van der Waals surface area contributed by atoms with Gasteiger partial charge in [-0.3, -0.25) is 0 Å². The van der Waals surface area contributed by atoms with E-state index in [1.54, 1.807) is 0 Å². The SMILES string of the molecule is c1ccc([Si](c2ccccc2)(c2ccccc2)c2cccc(-n3c4ccccc4c4cccc(-n5c6ccccc6c6c(-c7ccc8oc9ccccc9c8c7)cccc65)c43)c2)cc1. The van der Waals surface area contributed by atoms with Crippen LogP contribution >= 0.6 is 0 Å². The average Bonchev–Trinajstić information content (AvgIpc) is 4.03. The van der Waals surface area contributed by atoms with E-state index in [0.717, 1.165) is 38.8 Å². The molecule has 0 aliphatic carbocycles. The Bertz CT molecular complexity index is 3800. The van der Waals surface area contributed by atoms with Crippen molar-refractivity contribution in [1.82, 2.24) is 9.13 Å². The van der Waals surface area contributed by atoms with Gasteiger partial charge in [-0.05, 0) is 86.5 Å². The van der Waals surface area contributed by atoms with Crippen LogP contribution in [-0.2, 0) is 0 Å². The van der Waals surface area contributed by atoms with Crippen molar-refractivity contribution in [3.63, 3.8) is 0 Å². The van der Waals surface area contributed by atoms with Crippen molar-refractivity contribution in [3.8, 4) is 22.5 Å². The summed E-state index contributed by atoms with van der Waals surface area (Å²) < 4.78 is 11.3. The minimum absolute atomic E-state index is 0.902. The number of benzene rings is 10. The summed E-state index contributed by atoms with van der Waals surface area (Å²) in [6, 6.07) is 89.4. The largest absolute Gasteiger partial charge is 0.456 e. The van der Waals surface area contributed by atoms with Crippen LogP contribution in [0.5, 0.6) is 0 Å². The van der Waals surface area contributed by atoms with Crippen molar-refractivity contribution < 1.29 is 4.42 Å². The lowest BCUT2D eigenvalue weighted by Gasteiger charge is -2.34. The highest BCUT2D eigenvalue weighted by molar-refractivity contribution is 7.19. The second-order valence-electron chi connectivity index (χ2n) is 16.8. The molecule has 13 aromatic rings. The van der Waals surface area contributed by atoms with E-state index in [9.17, 15) is 0 Å². The highest BCUT2D eigenvalue weighted by Crippen LogP contribution is 2.43. The Morgan fingerprint density at radius 2 is 0.859 bits per heavy atom. The second kappa shape index (κ2) is 14.5. The summed E-state index contributed by atoms with van der Waals surface area (Å²) in [5.74, 6) is 0. The molecule has 3 heterocycles. The van der Waals surface area contributed by atoms with Gasteiger partial charge in [0.1, 0.15) is 11.2 Å². The third-order valence-corrected chi connectivity index (χ3v) is 18.2. The van der Waals surface area contributed by atoms with Gasteiger partial charge in [-0.25, -0.2) is 0 Å². The molecule has 0 spiro atoms. The lowest BCUT2D eigenvalue weighted by molar-refractivity contribution is 0.669. The zero-order valence-electron chi connectivity index (χ0n) is 34.9. The molecular weight excluding hydrogens is 793 g/mol. The van der Waals surface area contributed by atoms with Crippen LogP contribution in [0.2, 0.25) is 0 Å². The van der Waals surface area contributed by atoms with E-state index in [1.807, 2.05) is 12.1 Å². The summed E-state index contributed by atoms with van der Waals surface area (Å²) in [6.07, 6.45) is 0. The number of nitrogens with zero attached hydrogens (tertiary/aromatic N) is 2. The van der Waals surface area contributed by atoms with E-state index in [4.69, 9.17) is 4.42 Å². The molecule has 4 heteroatoms. The molecule has 300 valence electrons. The van der Waals surface area contributed by atoms with Crippen LogP contribution in [0.1, 0.15) is 0 Å². The van der Waals surface area contributed by atoms with Crippen LogP contribution in [0.25, 0.3) is 88.1 Å². The molecule has 0 saturated carbocycles. The zero-order chi connectivity index (χ0) is 42.2. The Balaban J connectivity index is 1.09. The number of aromatic nitrogens is 2. The molecule has 0 bridgehead atoms. The van der Waals surface area contributed by atoms with Crippen molar-refractivity contribution in [1.29, 1.82) is 0 Å². The maximum atomic E-state index is 6.27. The molecule has 0 aliphatic heterocycles. The third-order valence-electron chi connectivity index (χ3n) is 13.5. The Hall–Kier alpha value is -8.18. The molecule has 0 amide bonds. The van der Waals surface area contributed by atoms with Crippen LogP contribution < -0.4 is 20.7 Å². The zero-order valence-corrected chi connectivity index (χ0v) is 35.9. The van der Waals surface area contributed by atoms with E-state index in [0.29, 0.717) is 0 Å². The molecule has 0 aliphatic rings. The second-order valence-corrected chi connectivity index (χ2v) is 20.6. The molecule has 0 fully saturated rings. The normalized spacial score (nSPS) is 12.1. The molecule has 0 atom stereocenters. The quantitative estimate of drug-likeness (QED) is 0.116. The molecule has 0 unspecified atom stereocenters. The van der Waals surface area contributed by atoms with E-state index in [-0.39, 0.29) is 0 Å². The van der Waals surface area contributed by atoms with Gasteiger partial charge in [0.15, 0.2) is 8.07 Å². The van der Waals surface area contributed by atoms with Crippen molar-refractivity contribution in [2.75, 3.05) is 0 Å². The van der Waals surface area contributed by atoms with Crippen LogP contribution in [0.3, 0.4) is 0 Å². The van der Waals surface area contributed by atoms with Crippen molar-refractivity contribution in [3.05, 3.63) is 243 Å². The minimum atomic E-state index is -2.81. The molecule has 13 rings (SSSR count). The van der Waals surface area contributed by atoms with E-state index < -0.39 is 8.07 Å². The van der Waals surface area contributed by atoms with E-state index in [2.05, 4.69) is 240 Å². The van der Waals surface area contributed by atoms with Gasteiger partial charge in [-0.2, -0.15) is 0 Å². The topological polar surface area (TPSA) is 23.0 Å². The van der Waals surface area contributed by atoms with Crippen molar-refractivity contribution in [2.24, 2.45) is 0 Å². The highest BCUT2D eigenvalue weighted by atomic mass is 28.3. The van der Waals surface area contributed by atoms with Gasteiger partial charge in [-0.1, -0.05) is 188 Å². The van der Waals surface area contributed by atoms with Crippen LogP contribution in [-0.4, -0.2) is 17.2 Å². The monoisotopic (exact) mass is 832 g/mol. The molecule has 10 aromatic carbocycles. The number of hydrogen-bond acceptors (Lipinski definition) is 1. The van der Waals surface area contributed by atoms with E-state index >= 15 is 0 Å². The van der Waals surface area contributed by atoms with Gasteiger partial charge >= 0.3 is 0 Å². The summed E-state index contributed by atoms with van der Waals surface area (Å²) in [5, 5.41) is 12.6. The number of hydrogen-bond donors (Lipinski definition) is 0. The standard InChI is InChI=1S/C60H40N2OSi/c1-4-20-43(21-5-1)64(44-22-6-2-7-23-44,45-24-8-3-9-25-45)46-26-16-19-42(40-46)61-53-32-13-10-27-48(53)50-31-18-35-56(60(50)61)62-54-33-14-11-29-51(54)59-47(30-17-34-55(59)62)41-37-38-58-52(39-41)49-28-12-15-36-57(49)63-58/h1-40H. The fourth-order valence-corrected chi connectivity index (χ4v) is 15.6. The first kappa shape index (κ1) is 36.5. The molecule has 0 radical (unpaired) electrons. The first-order valence-corrected chi connectivity index (χ1v) is 24.0. The maximum absolute atomic E-state index is 6.27. The fraction of sp³-hybridized carbons (Fsp3) is 0. The lowest BCUT2D eigenvalue weighted by atomic mass is 9.98. The summed E-state index contributed by atoms with van der Waals surface area (Å²) in [6.45, 7) is 0. The van der Waals surface area contributed by atoms with Gasteiger partial charge in [0.2, 0.25) is 0 Å². The molecular formula is C60H40N2OSi. The average molecular weight is 833 g/mol. The van der Waals surface area contributed by atoms with Crippen LogP contribution in [0.15, 0.2) is 247 Å². The van der Waals surface area contributed by atoms with E-state index in [1.165, 1.54) is 70.0 Å². The smallest absolute Gasteiger partial charge is 0.179 e. The summed E-state index contributed by atoms with van der Waals surface area (Å²) in [7, 11) is -2.81. The molecule has 0 saturated heterocycles. The Morgan fingerprint density at radius 3 is 1.58 bits per heavy atom. The molecule has 3 nitrogen and oxygen atoms in total. The van der Waals surface area contributed by atoms with Gasteiger partial charge in [0, 0.05) is 38.0 Å². The molecule has 0 N–H and O–H groups in total. The van der Waals surface area contributed by atoms with Crippen LogP contribution in [0.4, 0.5) is 0 Å². The van der Waals surface area contributed by atoms with Crippen molar-refractivity contribution in [2.45, 2.75) is 0 Å². The Kier molecular flexibility index (Phi) is 8.23. The lowest BCUT2D eigenvalue weighted by Crippen LogP contribution is -2.74. The highest BCUT2D eigenvalue weighted by Gasteiger charge is 2.41. The van der Waals surface area contributed by atoms with Gasteiger partial charge in [0.05, 0.1) is 27.8 Å². The number of para-hydroxylation sites is 4. The Labute approximate surface area is 371 Å². The van der Waals surface area contributed by atoms with Crippen LogP contribution in [0, 0.1) is 0 Å². The molecule has 64 heavy (non-hydrogen) atoms. The minimum Gasteiger partial charge on any atom is -0.456 e. The number of rotatable bonds is 7. The Morgan fingerprint density at radius 1 is 0.328 bits per heavy atom. The summed E-state index contributed by atoms with van der Waals surface area (Å²) >= 11 is 0. The maximum Gasteiger partial charge on any atom is 0.179 e. The fourth-order valence-electron chi connectivity index (χ4n) is 10.8. The number of furan rings is 1. The van der Waals surface area contributed by atoms with Gasteiger partial charge < -0.3 is 13.6 Å². The first-order valence-electron chi connectivity index (χ1n) is 22.0. The van der Waals surface area contributed by atoms with Gasteiger partial charge in [-0.15, -0.1) is 0 Å². The predicted octanol–water partition coefficient (Wildman–Crippen LogP) is 12.8. The van der Waals surface area contributed by atoms with Crippen molar-refractivity contribution >= 4 is 94.4 Å². The summed E-state index contributed by atoms with van der Waals surface area (Å²) in [5.41, 5.74) is 11.1. The predicted molar refractivity (Wildman–Crippen MR) is 271 cm³/mol. The first-order chi connectivity index (χ1) is 31.8. The third kappa shape index (κ3) is 5.33. The molecule has 3 aromatic heterocycles. The summed E-state index contributed by atoms with van der Waals surface area (Å²) in [4.78, 5) is 0.